The van der Waals surface area contributed by atoms with Crippen LogP contribution in [0.2, 0.25) is 0 Å². The number of nitrogens with one attached hydrogen (secondary N) is 3. The zero-order valence-electron chi connectivity index (χ0n) is 16.3. The average molecular weight is 425 g/mol. The first-order valence-electron chi connectivity index (χ1n) is 9.51. The summed E-state index contributed by atoms with van der Waals surface area (Å²) in [6.07, 6.45) is 7.55. The lowest BCUT2D eigenvalue weighted by atomic mass is 10.2. The molecule has 0 heterocycles. The Hall–Kier alpha value is -1.97. The summed E-state index contributed by atoms with van der Waals surface area (Å²) in [4.78, 5) is 12.1. The molecule has 9 heteroatoms. The van der Waals surface area contributed by atoms with Gasteiger partial charge in [-0.05, 0) is 48.8 Å². The molecule has 28 heavy (non-hydrogen) atoms. The van der Waals surface area contributed by atoms with E-state index in [4.69, 9.17) is 12.2 Å². The SMILES string of the molecule is CCN(CC)S(=O)(=O)c1ccc(/C=C/C(=O)NNC(=S)NC2CCCC2)cc1. The molecule has 1 fully saturated rings. The zero-order valence-corrected chi connectivity index (χ0v) is 17.9. The number of benzene rings is 1. The van der Waals surface area contributed by atoms with Crippen molar-refractivity contribution >= 4 is 39.3 Å². The number of carbonyl (C=O) groups excluding carboxylic acids is 1. The third kappa shape index (κ3) is 6.29. The molecule has 1 aliphatic rings. The van der Waals surface area contributed by atoms with Crippen molar-refractivity contribution in [3.05, 3.63) is 35.9 Å². The third-order valence-corrected chi connectivity index (χ3v) is 6.92. The molecule has 0 radical (unpaired) electrons. The summed E-state index contributed by atoms with van der Waals surface area (Å²) in [6.45, 7) is 4.45. The monoisotopic (exact) mass is 424 g/mol. The van der Waals surface area contributed by atoms with Gasteiger partial charge in [-0.2, -0.15) is 4.31 Å². The minimum Gasteiger partial charge on any atom is -0.359 e. The molecule has 1 aromatic carbocycles. The van der Waals surface area contributed by atoms with Crippen molar-refractivity contribution in [1.29, 1.82) is 0 Å². The lowest BCUT2D eigenvalue weighted by Gasteiger charge is -2.18. The van der Waals surface area contributed by atoms with Crippen molar-refractivity contribution in [3.8, 4) is 0 Å². The highest BCUT2D eigenvalue weighted by atomic mass is 32.2. The summed E-state index contributed by atoms with van der Waals surface area (Å²) in [5.74, 6) is -0.351. The molecule has 0 bridgehead atoms. The average Bonchev–Trinajstić information content (AvgIpc) is 3.18. The number of thiocarbonyl (C=S) groups is 1. The molecule has 0 aliphatic heterocycles. The van der Waals surface area contributed by atoms with Crippen LogP contribution in [0.15, 0.2) is 35.2 Å². The Kier molecular flexibility index (Phi) is 8.40. The van der Waals surface area contributed by atoms with Gasteiger partial charge in [0, 0.05) is 25.2 Å². The van der Waals surface area contributed by atoms with Crippen molar-refractivity contribution in [2.75, 3.05) is 13.1 Å². The predicted octanol–water partition coefficient (Wildman–Crippen LogP) is 2.17. The van der Waals surface area contributed by atoms with E-state index in [1.807, 2.05) is 0 Å². The molecule has 0 spiro atoms. The Bertz CT molecular complexity index is 797. The Labute approximate surface area is 172 Å². The van der Waals surface area contributed by atoms with Crippen LogP contribution in [0.1, 0.15) is 45.1 Å². The van der Waals surface area contributed by atoms with Crippen molar-refractivity contribution in [3.63, 3.8) is 0 Å². The first-order valence-corrected chi connectivity index (χ1v) is 11.4. The van der Waals surface area contributed by atoms with Gasteiger partial charge in [0.15, 0.2) is 5.11 Å². The van der Waals surface area contributed by atoms with Crippen molar-refractivity contribution in [1.82, 2.24) is 20.5 Å². The number of rotatable bonds is 7. The van der Waals surface area contributed by atoms with E-state index in [-0.39, 0.29) is 10.8 Å². The lowest BCUT2D eigenvalue weighted by molar-refractivity contribution is -0.116. The molecule has 2 rings (SSSR count). The summed E-state index contributed by atoms with van der Waals surface area (Å²) >= 11 is 5.15. The van der Waals surface area contributed by atoms with Gasteiger partial charge in [-0.1, -0.05) is 38.8 Å². The molecular weight excluding hydrogens is 396 g/mol. The fourth-order valence-corrected chi connectivity index (χ4v) is 4.76. The fraction of sp³-hybridized carbons (Fsp3) is 0.474. The number of hydrazine groups is 1. The summed E-state index contributed by atoms with van der Waals surface area (Å²) < 4.78 is 26.3. The molecule has 1 aliphatic carbocycles. The normalized spacial score (nSPS) is 15.1. The van der Waals surface area contributed by atoms with Gasteiger partial charge in [0.1, 0.15) is 0 Å². The molecule has 154 valence electrons. The molecule has 1 aromatic rings. The molecule has 7 nitrogen and oxygen atoms in total. The van der Waals surface area contributed by atoms with E-state index in [1.165, 1.54) is 23.2 Å². The molecular formula is C19H28N4O3S2. The second-order valence-electron chi connectivity index (χ2n) is 6.56. The van der Waals surface area contributed by atoms with Crippen LogP contribution in [0.25, 0.3) is 6.08 Å². The number of hydrogen-bond acceptors (Lipinski definition) is 4. The van der Waals surface area contributed by atoms with Crippen LogP contribution in [-0.2, 0) is 14.8 Å². The fourth-order valence-electron chi connectivity index (χ4n) is 3.09. The van der Waals surface area contributed by atoms with Crippen molar-refractivity contribution in [2.45, 2.75) is 50.5 Å². The van der Waals surface area contributed by atoms with Gasteiger partial charge >= 0.3 is 0 Å². The highest BCUT2D eigenvalue weighted by Gasteiger charge is 2.21. The maximum atomic E-state index is 12.5. The van der Waals surface area contributed by atoms with Gasteiger partial charge < -0.3 is 5.32 Å². The molecule has 0 saturated heterocycles. The highest BCUT2D eigenvalue weighted by Crippen LogP contribution is 2.17. The Balaban J connectivity index is 1.86. The Morgan fingerprint density at radius 2 is 1.75 bits per heavy atom. The van der Waals surface area contributed by atoms with Gasteiger partial charge in [0.25, 0.3) is 5.91 Å². The number of hydrogen-bond donors (Lipinski definition) is 3. The van der Waals surface area contributed by atoms with Gasteiger partial charge in [-0.3, -0.25) is 15.6 Å². The predicted molar refractivity (Wildman–Crippen MR) is 115 cm³/mol. The van der Waals surface area contributed by atoms with Gasteiger partial charge in [-0.25, -0.2) is 8.42 Å². The van der Waals surface area contributed by atoms with E-state index >= 15 is 0 Å². The van der Waals surface area contributed by atoms with Gasteiger partial charge in [0.05, 0.1) is 4.90 Å². The molecule has 0 atom stereocenters. The van der Waals surface area contributed by atoms with E-state index in [0.717, 1.165) is 18.4 Å². The summed E-state index contributed by atoms with van der Waals surface area (Å²) in [5.41, 5.74) is 5.92. The quantitative estimate of drug-likeness (QED) is 0.353. The number of carbonyl (C=O) groups is 1. The minimum absolute atomic E-state index is 0.239. The van der Waals surface area contributed by atoms with Gasteiger partial charge in [-0.15, -0.1) is 0 Å². The van der Waals surface area contributed by atoms with E-state index in [0.29, 0.717) is 24.2 Å². The van der Waals surface area contributed by atoms with E-state index in [9.17, 15) is 13.2 Å². The third-order valence-electron chi connectivity index (χ3n) is 4.64. The van der Waals surface area contributed by atoms with Crippen LogP contribution in [-0.4, -0.2) is 42.9 Å². The Morgan fingerprint density at radius 1 is 1.14 bits per heavy atom. The van der Waals surface area contributed by atoms with E-state index in [2.05, 4.69) is 16.2 Å². The van der Waals surface area contributed by atoms with Crippen LogP contribution in [0, 0.1) is 0 Å². The first kappa shape index (κ1) is 22.3. The van der Waals surface area contributed by atoms with E-state index in [1.54, 1.807) is 44.2 Å². The summed E-state index contributed by atoms with van der Waals surface area (Å²) in [5, 5.41) is 3.57. The van der Waals surface area contributed by atoms with Crippen molar-refractivity contribution in [2.24, 2.45) is 0 Å². The highest BCUT2D eigenvalue weighted by molar-refractivity contribution is 7.89. The lowest BCUT2D eigenvalue weighted by Crippen LogP contribution is -2.48. The van der Waals surface area contributed by atoms with Crippen LogP contribution >= 0.6 is 12.2 Å². The molecule has 0 unspecified atom stereocenters. The van der Waals surface area contributed by atoms with Crippen LogP contribution < -0.4 is 16.2 Å². The molecule has 1 saturated carbocycles. The second kappa shape index (κ2) is 10.5. The van der Waals surface area contributed by atoms with Crippen molar-refractivity contribution < 1.29 is 13.2 Å². The first-order chi connectivity index (χ1) is 13.4. The number of amides is 1. The van der Waals surface area contributed by atoms with Gasteiger partial charge in [0.2, 0.25) is 10.0 Å². The molecule has 1 amide bonds. The number of sulfonamides is 1. The molecule has 0 aromatic heterocycles. The maximum Gasteiger partial charge on any atom is 0.262 e. The topological polar surface area (TPSA) is 90.5 Å². The van der Waals surface area contributed by atoms with Crippen LogP contribution in [0.3, 0.4) is 0 Å². The summed E-state index contributed by atoms with van der Waals surface area (Å²) in [7, 11) is -3.48. The largest absolute Gasteiger partial charge is 0.359 e. The number of nitrogens with zero attached hydrogens (tertiary/aromatic N) is 1. The summed E-state index contributed by atoms with van der Waals surface area (Å²) in [6, 6.07) is 6.80. The maximum absolute atomic E-state index is 12.5. The van der Waals surface area contributed by atoms with Crippen LogP contribution in [0.4, 0.5) is 0 Å². The Morgan fingerprint density at radius 3 is 2.32 bits per heavy atom. The molecule has 3 N–H and O–H groups in total. The minimum atomic E-state index is -3.48. The van der Waals surface area contributed by atoms with E-state index < -0.39 is 10.0 Å². The second-order valence-corrected chi connectivity index (χ2v) is 8.91. The smallest absolute Gasteiger partial charge is 0.262 e. The van der Waals surface area contributed by atoms with Crippen LogP contribution in [0.5, 0.6) is 0 Å². The zero-order chi connectivity index (χ0) is 20.6. The standard InChI is InChI=1S/C19H28N4O3S2/c1-3-23(4-2)28(25,26)17-12-9-15(10-13-17)11-14-18(24)21-22-19(27)20-16-7-5-6-8-16/h9-14,16H,3-8H2,1-2H3,(H,21,24)(H2,20,22,27)/b14-11+.